The number of aromatic hydroxyl groups is 1. The van der Waals surface area contributed by atoms with Crippen molar-refractivity contribution in [3.63, 3.8) is 0 Å². The average Bonchev–Trinajstić information content (AvgIpc) is 3.18. The summed E-state index contributed by atoms with van der Waals surface area (Å²) < 4.78 is 27.4. The molecule has 3 aliphatic heterocycles. The normalized spacial score (nSPS) is 16.8. The molecule has 0 aliphatic carbocycles. The molecular weight excluding hydrogens is 718 g/mol. The van der Waals surface area contributed by atoms with Gasteiger partial charge in [0.05, 0.1) is 30.6 Å². The molecule has 4 aromatic carbocycles. The van der Waals surface area contributed by atoms with E-state index >= 15 is 0 Å². The molecule has 0 spiro atoms. The van der Waals surface area contributed by atoms with Crippen molar-refractivity contribution in [3.05, 3.63) is 108 Å². The van der Waals surface area contributed by atoms with E-state index in [0.717, 1.165) is 13.1 Å². The monoisotopic (exact) mass is 765 g/mol. The van der Waals surface area contributed by atoms with E-state index in [4.69, 9.17) is 23.7 Å². The van der Waals surface area contributed by atoms with E-state index in [1.54, 1.807) is 45.9 Å². The lowest BCUT2D eigenvalue weighted by Gasteiger charge is -2.51. The number of amides is 2. The molecule has 0 bridgehead atoms. The Kier molecular flexibility index (Phi) is 12.1. The molecule has 1 fully saturated rings. The number of carbonyl (C=O) groups excluding carboxylic acids is 4. The van der Waals surface area contributed by atoms with Crippen LogP contribution < -0.4 is 24.0 Å². The van der Waals surface area contributed by atoms with E-state index in [2.05, 4.69) is 60.4 Å². The first-order valence-corrected chi connectivity index (χ1v) is 18.7. The highest BCUT2D eigenvalue weighted by Crippen LogP contribution is 2.41. The van der Waals surface area contributed by atoms with Crippen LogP contribution in [0.5, 0.6) is 23.0 Å². The van der Waals surface area contributed by atoms with Gasteiger partial charge in [0.2, 0.25) is 0 Å². The quantitative estimate of drug-likeness (QED) is 0.189. The van der Waals surface area contributed by atoms with Crippen LogP contribution in [0.2, 0.25) is 0 Å². The van der Waals surface area contributed by atoms with E-state index in [0.29, 0.717) is 28.6 Å². The summed E-state index contributed by atoms with van der Waals surface area (Å²) in [6.45, 7) is 10.5. The SMILES string of the molecule is CCOC(=O)C(C)N1C(=O)COc2ccc(O)cc21.CCOC(=O)C(C)N1C(=O)COc2ccc(OC3(C)CN(C(c4ccccc4)c4ccccc4)C3)cc21. The standard InChI is InChI=1S/C30H32N2O5.C13H15NO5/c1-4-35-29(34)21(2)32-25-17-24(15-16-26(25)36-18-27(32)33)37-30(3)19-31(20-30)28(22-11-7-5-8-12-22)23-13-9-6-10-14-23;1-3-18-13(17)8(2)14-10-6-9(15)4-5-11(10)19-7-12(14)16/h5-17,21,28H,4,18-20H2,1-3H3;4-6,8,15H,3,7H2,1-2H3. The largest absolute Gasteiger partial charge is 0.508 e. The zero-order valence-electron chi connectivity index (χ0n) is 32.2. The highest BCUT2D eigenvalue weighted by atomic mass is 16.5. The minimum absolute atomic E-state index is 0.00175. The number of fused-ring (bicyclic) bond motifs is 2. The number of rotatable bonds is 11. The molecule has 0 radical (unpaired) electrons. The van der Waals surface area contributed by atoms with Crippen LogP contribution in [0, 0.1) is 0 Å². The number of phenolic OH excluding ortho intramolecular Hbond substituents is 1. The number of likely N-dealkylation sites (tertiary alicyclic amines) is 1. The summed E-state index contributed by atoms with van der Waals surface area (Å²) in [6.07, 6.45) is 0. The van der Waals surface area contributed by atoms with Gasteiger partial charge in [-0.3, -0.25) is 24.3 Å². The molecule has 0 saturated carbocycles. The van der Waals surface area contributed by atoms with Crippen molar-refractivity contribution >= 4 is 35.1 Å². The van der Waals surface area contributed by atoms with E-state index in [-0.39, 0.29) is 50.0 Å². The predicted molar refractivity (Wildman–Crippen MR) is 208 cm³/mol. The fourth-order valence-corrected chi connectivity index (χ4v) is 7.19. The van der Waals surface area contributed by atoms with Gasteiger partial charge in [-0.15, -0.1) is 0 Å². The molecule has 56 heavy (non-hydrogen) atoms. The van der Waals surface area contributed by atoms with Crippen LogP contribution in [0.4, 0.5) is 11.4 Å². The molecule has 4 aromatic rings. The second-order valence-corrected chi connectivity index (χ2v) is 13.9. The molecule has 2 amide bonds. The maximum absolute atomic E-state index is 12.7. The van der Waals surface area contributed by atoms with Crippen LogP contribution in [0.1, 0.15) is 51.8 Å². The van der Waals surface area contributed by atoms with Gasteiger partial charge in [-0.25, -0.2) is 9.59 Å². The predicted octanol–water partition coefficient (Wildman–Crippen LogP) is 5.68. The third kappa shape index (κ3) is 8.57. The number of anilines is 2. The summed E-state index contributed by atoms with van der Waals surface area (Å²) in [5, 5.41) is 9.51. The Morgan fingerprint density at radius 3 is 1.66 bits per heavy atom. The smallest absolute Gasteiger partial charge is 0.328 e. The van der Waals surface area contributed by atoms with E-state index in [9.17, 15) is 24.3 Å². The Bertz CT molecular complexity index is 2000. The van der Waals surface area contributed by atoms with Crippen LogP contribution in [0.25, 0.3) is 0 Å². The summed E-state index contributed by atoms with van der Waals surface area (Å²) in [6, 6.07) is 29.4. The second-order valence-electron chi connectivity index (χ2n) is 13.9. The molecule has 13 nitrogen and oxygen atoms in total. The summed E-state index contributed by atoms with van der Waals surface area (Å²) in [7, 11) is 0. The lowest BCUT2D eigenvalue weighted by atomic mass is 9.88. The average molecular weight is 766 g/mol. The minimum Gasteiger partial charge on any atom is -0.508 e. The van der Waals surface area contributed by atoms with Gasteiger partial charge in [-0.2, -0.15) is 0 Å². The Balaban J connectivity index is 0.000000235. The van der Waals surface area contributed by atoms with Gasteiger partial charge in [-0.05, 0) is 70.0 Å². The first kappa shape index (κ1) is 39.6. The topological polar surface area (TPSA) is 144 Å². The minimum atomic E-state index is -0.767. The molecule has 294 valence electrons. The number of hydrogen-bond acceptors (Lipinski definition) is 11. The lowest BCUT2D eigenvalue weighted by Crippen LogP contribution is -2.63. The van der Waals surface area contributed by atoms with Crippen LogP contribution >= 0.6 is 0 Å². The molecule has 1 saturated heterocycles. The van der Waals surface area contributed by atoms with Crippen molar-refractivity contribution in [2.45, 2.75) is 58.3 Å². The number of nitrogens with zero attached hydrogens (tertiary/aromatic N) is 3. The molecule has 1 N–H and O–H groups in total. The first-order valence-electron chi connectivity index (χ1n) is 18.7. The van der Waals surface area contributed by atoms with Crippen molar-refractivity contribution in [3.8, 4) is 23.0 Å². The third-order valence-electron chi connectivity index (χ3n) is 9.70. The zero-order chi connectivity index (χ0) is 40.0. The Labute approximate surface area is 326 Å². The van der Waals surface area contributed by atoms with E-state index in [1.165, 1.54) is 33.1 Å². The summed E-state index contributed by atoms with van der Waals surface area (Å²) in [4.78, 5) is 53.9. The highest BCUT2D eigenvalue weighted by molar-refractivity contribution is 6.03. The van der Waals surface area contributed by atoms with Crippen molar-refractivity contribution in [1.29, 1.82) is 0 Å². The molecule has 3 heterocycles. The van der Waals surface area contributed by atoms with Crippen LogP contribution in [-0.2, 0) is 28.7 Å². The van der Waals surface area contributed by atoms with Crippen molar-refractivity contribution in [2.24, 2.45) is 0 Å². The number of phenols is 1. The van der Waals surface area contributed by atoms with Gasteiger partial charge < -0.3 is 28.8 Å². The molecular formula is C43H47N3O10. The summed E-state index contributed by atoms with van der Waals surface area (Å²) >= 11 is 0. The first-order chi connectivity index (χ1) is 26.9. The maximum atomic E-state index is 12.7. The zero-order valence-corrected chi connectivity index (χ0v) is 32.2. The van der Waals surface area contributed by atoms with Crippen LogP contribution in [-0.4, -0.2) is 91.0 Å². The van der Waals surface area contributed by atoms with Gasteiger partial charge in [0.15, 0.2) is 13.2 Å². The summed E-state index contributed by atoms with van der Waals surface area (Å²) in [5.41, 5.74) is 2.96. The van der Waals surface area contributed by atoms with Crippen molar-refractivity contribution in [2.75, 3.05) is 49.3 Å². The Morgan fingerprint density at radius 2 is 1.18 bits per heavy atom. The van der Waals surface area contributed by atoms with Gasteiger partial charge in [0.25, 0.3) is 11.8 Å². The highest BCUT2D eigenvalue weighted by Gasteiger charge is 2.45. The molecule has 7 rings (SSSR count). The molecule has 2 unspecified atom stereocenters. The number of hydrogen-bond donors (Lipinski definition) is 1. The van der Waals surface area contributed by atoms with Crippen LogP contribution in [0.15, 0.2) is 97.1 Å². The van der Waals surface area contributed by atoms with Crippen molar-refractivity contribution < 1.29 is 48.0 Å². The molecule has 3 aliphatic rings. The lowest BCUT2D eigenvalue weighted by molar-refractivity contribution is -0.146. The van der Waals surface area contributed by atoms with Crippen LogP contribution in [0.3, 0.4) is 0 Å². The van der Waals surface area contributed by atoms with Gasteiger partial charge >= 0.3 is 11.9 Å². The number of ether oxygens (including phenoxy) is 5. The fraction of sp³-hybridized carbons (Fsp3) is 0.349. The Morgan fingerprint density at radius 1 is 0.714 bits per heavy atom. The molecule has 0 aromatic heterocycles. The van der Waals surface area contributed by atoms with Gasteiger partial charge in [0, 0.05) is 25.2 Å². The van der Waals surface area contributed by atoms with Gasteiger partial charge in [-0.1, -0.05) is 60.7 Å². The van der Waals surface area contributed by atoms with Gasteiger partial charge in [0.1, 0.15) is 40.7 Å². The molecule has 13 heteroatoms. The number of benzene rings is 4. The third-order valence-corrected chi connectivity index (χ3v) is 9.70. The van der Waals surface area contributed by atoms with E-state index < -0.39 is 29.6 Å². The number of carbonyl (C=O) groups is 4. The molecule has 2 atom stereocenters. The second kappa shape index (κ2) is 17.2. The van der Waals surface area contributed by atoms with E-state index in [1.807, 2.05) is 18.2 Å². The Hall–Kier alpha value is -6.08. The number of esters is 2. The van der Waals surface area contributed by atoms with Crippen molar-refractivity contribution in [1.82, 2.24) is 4.90 Å². The fourth-order valence-electron chi connectivity index (χ4n) is 7.19. The summed E-state index contributed by atoms with van der Waals surface area (Å²) in [5.74, 6) is 0.0228. The maximum Gasteiger partial charge on any atom is 0.328 e.